The van der Waals surface area contributed by atoms with Gasteiger partial charge in [-0.25, -0.2) is 4.39 Å². The predicted molar refractivity (Wildman–Crippen MR) is 53.4 cm³/mol. The van der Waals surface area contributed by atoms with Crippen LogP contribution in [-0.4, -0.2) is 6.04 Å². The Morgan fingerprint density at radius 2 is 2.23 bits per heavy atom. The Labute approximate surface area is 82.7 Å². The van der Waals surface area contributed by atoms with Crippen LogP contribution >= 0.6 is 11.6 Å². The number of nitrogens with two attached hydrogens (primary N) is 1. The second-order valence-corrected chi connectivity index (χ2v) is 3.64. The van der Waals surface area contributed by atoms with Gasteiger partial charge in [-0.1, -0.05) is 23.7 Å². The normalized spacial score (nSPS) is 12.9. The van der Waals surface area contributed by atoms with Crippen molar-refractivity contribution in [2.24, 2.45) is 5.73 Å². The number of benzene rings is 1. The zero-order valence-electron chi connectivity index (χ0n) is 7.56. The van der Waals surface area contributed by atoms with E-state index in [1.54, 1.807) is 18.2 Å². The van der Waals surface area contributed by atoms with Crippen LogP contribution in [0.1, 0.15) is 18.9 Å². The molecule has 0 spiro atoms. The van der Waals surface area contributed by atoms with Gasteiger partial charge in [-0.15, -0.1) is 0 Å². The molecule has 0 radical (unpaired) electrons. The monoisotopic (exact) mass is 201 g/mol. The number of hydrogen-bond donors (Lipinski definition) is 1. The Hall–Kier alpha value is -0.600. The SMILES string of the molecule is C[C@H](N)CCc1cccc(Cl)c1F. The molecule has 0 amide bonds. The molecule has 3 heteroatoms. The van der Waals surface area contributed by atoms with Gasteiger partial charge in [-0.3, -0.25) is 0 Å². The van der Waals surface area contributed by atoms with Crippen LogP contribution in [0.5, 0.6) is 0 Å². The number of rotatable bonds is 3. The summed E-state index contributed by atoms with van der Waals surface area (Å²) in [5.41, 5.74) is 6.22. The van der Waals surface area contributed by atoms with Crippen molar-refractivity contribution in [3.8, 4) is 0 Å². The molecule has 0 heterocycles. The van der Waals surface area contributed by atoms with Gasteiger partial charge in [0.2, 0.25) is 0 Å². The summed E-state index contributed by atoms with van der Waals surface area (Å²) < 4.78 is 13.3. The van der Waals surface area contributed by atoms with Crippen LogP contribution in [0.25, 0.3) is 0 Å². The fraction of sp³-hybridized carbons (Fsp3) is 0.400. The van der Waals surface area contributed by atoms with Gasteiger partial charge >= 0.3 is 0 Å². The highest BCUT2D eigenvalue weighted by molar-refractivity contribution is 6.30. The number of aryl methyl sites for hydroxylation is 1. The van der Waals surface area contributed by atoms with Crippen molar-refractivity contribution in [1.82, 2.24) is 0 Å². The van der Waals surface area contributed by atoms with E-state index in [1.165, 1.54) is 0 Å². The summed E-state index contributed by atoms with van der Waals surface area (Å²) in [6.45, 7) is 1.91. The molecular formula is C10H13ClFN. The van der Waals surface area contributed by atoms with Gasteiger partial charge in [0.15, 0.2) is 0 Å². The Morgan fingerprint density at radius 3 is 2.85 bits per heavy atom. The highest BCUT2D eigenvalue weighted by Crippen LogP contribution is 2.19. The first-order chi connectivity index (χ1) is 6.11. The second kappa shape index (κ2) is 4.58. The summed E-state index contributed by atoms with van der Waals surface area (Å²) >= 11 is 5.62. The van der Waals surface area contributed by atoms with Gasteiger partial charge in [0.05, 0.1) is 5.02 Å². The molecule has 1 atom stereocenters. The first-order valence-electron chi connectivity index (χ1n) is 4.29. The molecular weight excluding hydrogens is 189 g/mol. The van der Waals surface area contributed by atoms with Crippen LogP contribution in [0, 0.1) is 5.82 Å². The van der Waals surface area contributed by atoms with Gasteiger partial charge in [0, 0.05) is 6.04 Å². The van der Waals surface area contributed by atoms with Crippen LogP contribution in [0.4, 0.5) is 4.39 Å². The first-order valence-corrected chi connectivity index (χ1v) is 4.67. The minimum Gasteiger partial charge on any atom is -0.328 e. The molecule has 0 aliphatic carbocycles. The van der Waals surface area contributed by atoms with E-state index in [0.29, 0.717) is 12.0 Å². The number of halogens is 2. The zero-order valence-corrected chi connectivity index (χ0v) is 8.31. The first kappa shape index (κ1) is 10.5. The Balaban J connectivity index is 2.71. The Bertz CT molecular complexity index is 286. The standard InChI is InChI=1S/C10H13ClFN/c1-7(13)5-6-8-3-2-4-9(11)10(8)12/h2-4,7H,5-6,13H2,1H3/t7-/m0/s1. The summed E-state index contributed by atoms with van der Waals surface area (Å²) in [7, 11) is 0. The van der Waals surface area contributed by atoms with E-state index in [9.17, 15) is 4.39 Å². The van der Waals surface area contributed by atoms with Crippen molar-refractivity contribution in [1.29, 1.82) is 0 Å². The van der Waals surface area contributed by atoms with Crippen molar-refractivity contribution in [3.63, 3.8) is 0 Å². The van der Waals surface area contributed by atoms with Crippen LogP contribution < -0.4 is 5.73 Å². The van der Waals surface area contributed by atoms with E-state index in [-0.39, 0.29) is 16.9 Å². The minimum atomic E-state index is -0.315. The molecule has 1 aromatic carbocycles. The average molecular weight is 202 g/mol. The van der Waals surface area contributed by atoms with Gasteiger partial charge in [-0.05, 0) is 31.4 Å². The van der Waals surface area contributed by atoms with Gasteiger partial charge in [0.1, 0.15) is 5.82 Å². The molecule has 1 rings (SSSR count). The smallest absolute Gasteiger partial charge is 0.144 e. The summed E-state index contributed by atoms with van der Waals surface area (Å²) in [6, 6.07) is 5.14. The lowest BCUT2D eigenvalue weighted by Gasteiger charge is -2.06. The van der Waals surface area contributed by atoms with Crippen LogP contribution in [0.2, 0.25) is 5.02 Å². The minimum absolute atomic E-state index is 0.0957. The lowest BCUT2D eigenvalue weighted by molar-refractivity contribution is 0.591. The summed E-state index contributed by atoms with van der Waals surface area (Å²) in [5.74, 6) is -0.315. The molecule has 13 heavy (non-hydrogen) atoms. The van der Waals surface area contributed by atoms with Crippen molar-refractivity contribution < 1.29 is 4.39 Å². The van der Waals surface area contributed by atoms with Crippen molar-refractivity contribution in [2.75, 3.05) is 0 Å². The summed E-state index contributed by atoms with van der Waals surface area (Å²) in [5, 5.41) is 0.183. The summed E-state index contributed by atoms with van der Waals surface area (Å²) in [6.07, 6.45) is 1.42. The Morgan fingerprint density at radius 1 is 1.54 bits per heavy atom. The molecule has 72 valence electrons. The quantitative estimate of drug-likeness (QED) is 0.800. The topological polar surface area (TPSA) is 26.0 Å². The molecule has 0 unspecified atom stereocenters. The molecule has 0 fully saturated rings. The lowest BCUT2D eigenvalue weighted by atomic mass is 10.1. The molecule has 1 aromatic rings. The molecule has 0 aromatic heterocycles. The zero-order chi connectivity index (χ0) is 9.84. The molecule has 0 saturated carbocycles. The molecule has 0 bridgehead atoms. The van der Waals surface area contributed by atoms with E-state index < -0.39 is 0 Å². The third-order valence-electron chi connectivity index (χ3n) is 1.90. The van der Waals surface area contributed by atoms with E-state index >= 15 is 0 Å². The van der Waals surface area contributed by atoms with Crippen molar-refractivity contribution in [3.05, 3.63) is 34.6 Å². The van der Waals surface area contributed by atoms with Crippen LogP contribution in [0.15, 0.2) is 18.2 Å². The highest BCUT2D eigenvalue weighted by atomic mass is 35.5. The fourth-order valence-electron chi connectivity index (χ4n) is 1.12. The van der Waals surface area contributed by atoms with Gasteiger partial charge < -0.3 is 5.73 Å². The summed E-state index contributed by atoms with van der Waals surface area (Å²) in [4.78, 5) is 0. The maximum absolute atomic E-state index is 13.3. The molecule has 2 N–H and O–H groups in total. The predicted octanol–water partition coefficient (Wildman–Crippen LogP) is 2.76. The lowest BCUT2D eigenvalue weighted by Crippen LogP contribution is -2.15. The molecule has 0 aliphatic heterocycles. The highest BCUT2D eigenvalue weighted by Gasteiger charge is 2.06. The second-order valence-electron chi connectivity index (χ2n) is 3.23. The fourth-order valence-corrected chi connectivity index (χ4v) is 1.32. The maximum atomic E-state index is 13.3. The van der Waals surface area contributed by atoms with Gasteiger partial charge in [-0.2, -0.15) is 0 Å². The van der Waals surface area contributed by atoms with E-state index in [4.69, 9.17) is 17.3 Å². The van der Waals surface area contributed by atoms with E-state index in [2.05, 4.69) is 0 Å². The van der Waals surface area contributed by atoms with E-state index in [1.807, 2.05) is 6.92 Å². The van der Waals surface area contributed by atoms with E-state index in [0.717, 1.165) is 6.42 Å². The van der Waals surface area contributed by atoms with Gasteiger partial charge in [0.25, 0.3) is 0 Å². The molecule has 0 saturated heterocycles. The largest absolute Gasteiger partial charge is 0.328 e. The number of hydrogen-bond acceptors (Lipinski definition) is 1. The third-order valence-corrected chi connectivity index (χ3v) is 2.19. The van der Waals surface area contributed by atoms with Crippen LogP contribution in [-0.2, 0) is 6.42 Å². The average Bonchev–Trinajstić information content (AvgIpc) is 2.07. The van der Waals surface area contributed by atoms with Crippen molar-refractivity contribution in [2.45, 2.75) is 25.8 Å². The molecule has 0 aliphatic rings. The third kappa shape index (κ3) is 2.98. The van der Waals surface area contributed by atoms with Crippen molar-refractivity contribution >= 4 is 11.6 Å². The Kier molecular flexibility index (Phi) is 3.70. The molecule has 1 nitrogen and oxygen atoms in total. The van der Waals surface area contributed by atoms with Crippen LogP contribution in [0.3, 0.4) is 0 Å². The maximum Gasteiger partial charge on any atom is 0.144 e.